The van der Waals surface area contributed by atoms with Crippen LogP contribution in [0.2, 0.25) is 0 Å². The summed E-state index contributed by atoms with van der Waals surface area (Å²) < 4.78 is 18.4. The van der Waals surface area contributed by atoms with E-state index in [2.05, 4.69) is 0 Å². The molecule has 1 heterocycles. The van der Waals surface area contributed by atoms with Crippen molar-refractivity contribution in [3.63, 3.8) is 0 Å². The van der Waals surface area contributed by atoms with Crippen LogP contribution in [0.25, 0.3) is 0 Å². The molecule has 0 aromatic heterocycles. The van der Waals surface area contributed by atoms with Crippen LogP contribution in [0.5, 0.6) is 5.75 Å². The maximum atomic E-state index is 13.3. The minimum absolute atomic E-state index is 0.166. The highest BCUT2D eigenvalue weighted by Gasteiger charge is 2.35. The third kappa shape index (κ3) is 3.02. The Morgan fingerprint density at radius 1 is 1.63 bits per heavy atom. The van der Waals surface area contributed by atoms with Gasteiger partial charge in [-0.05, 0) is 24.6 Å². The van der Waals surface area contributed by atoms with E-state index >= 15 is 0 Å². The van der Waals surface area contributed by atoms with Gasteiger partial charge in [0.05, 0.1) is 7.11 Å². The van der Waals surface area contributed by atoms with Crippen molar-refractivity contribution < 1.29 is 19.0 Å². The highest BCUT2D eigenvalue weighted by molar-refractivity contribution is 5.74. The Bertz CT molecular complexity index is 481. The predicted molar refractivity (Wildman–Crippen MR) is 67.4 cm³/mol. The van der Waals surface area contributed by atoms with E-state index in [0.717, 1.165) is 0 Å². The van der Waals surface area contributed by atoms with Crippen LogP contribution in [0.4, 0.5) is 4.39 Å². The molecule has 1 saturated heterocycles. The zero-order chi connectivity index (χ0) is 14.0. The Morgan fingerprint density at radius 2 is 2.37 bits per heavy atom. The lowest BCUT2D eigenvalue weighted by atomic mass is 10.1. The van der Waals surface area contributed by atoms with E-state index in [0.29, 0.717) is 30.8 Å². The minimum Gasteiger partial charge on any atom is -0.496 e. The number of benzene rings is 1. The van der Waals surface area contributed by atoms with Gasteiger partial charge in [-0.3, -0.25) is 9.69 Å². The molecule has 2 rings (SSSR count). The molecule has 6 heteroatoms. The fourth-order valence-corrected chi connectivity index (χ4v) is 2.46. The molecule has 0 saturated carbocycles. The van der Waals surface area contributed by atoms with Crippen molar-refractivity contribution in [1.29, 1.82) is 0 Å². The molecule has 3 N–H and O–H groups in total. The SMILES string of the molecule is COc1ccc(F)cc1CN1CC(N)CC1C(=O)O. The van der Waals surface area contributed by atoms with Gasteiger partial charge in [0.15, 0.2) is 0 Å². The minimum atomic E-state index is -0.900. The maximum absolute atomic E-state index is 13.3. The Hall–Kier alpha value is -1.66. The molecule has 0 amide bonds. The van der Waals surface area contributed by atoms with Crippen molar-refractivity contribution in [2.45, 2.75) is 25.0 Å². The topological polar surface area (TPSA) is 75.8 Å². The third-order valence-electron chi connectivity index (χ3n) is 3.34. The number of likely N-dealkylation sites (tertiary alicyclic amines) is 1. The number of methoxy groups -OCH3 is 1. The Morgan fingerprint density at radius 3 is 3.00 bits per heavy atom. The zero-order valence-electron chi connectivity index (χ0n) is 10.7. The maximum Gasteiger partial charge on any atom is 0.320 e. The monoisotopic (exact) mass is 268 g/mol. The lowest BCUT2D eigenvalue weighted by Gasteiger charge is -2.22. The number of nitrogens with zero attached hydrogens (tertiary/aromatic N) is 1. The lowest BCUT2D eigenvalue weighted by molar-refractivity contribution is -0.142. The summed E-state index contributed by atoms with van der Waals surface area (Å²) in [5.41, 5.74) is 6.42. The molecule has 2 unspecified atom stereocenters. The van der Waals surface area contributed by atoms with Crippen LogP contribution < -0.4 is 10.5 Å². The van der Waals surface area contributed by atoms with Gasteiger partial charge in [-0.2, -0.15) is 0 Å². The van der Waals surface area contributed by atoms with Crippen molar-refractivity contribution in [3.05, 3.63) is 29.6 Å². The summed E-state index contributed by atoms with van der Waals surface area (Å²) in [5.74, 6) is -0.722. The smallest absolute Gasteiger partial charge is 0.320 e. The van der Waals surface area contributed by atoms with Crippen LogP contribution in [-0.4, -0.2) is 41.7 Å². The molecule has 5 nitrogen and oxygen atoms in total. The summed E-state index contributed by atoms with van der Waals surface area (Å²) in [7, 11) is 1.50. The second-order valence-corrected chi connectivity index (χ2v) is 4.74. The van der Waals surface area contributed by atoms with Crippen molar-refractivity contribution >= 4 is 5.97 Å². The van der Waals surface area contributed by atoms with Crippen molar-refractivity contribution in [2.24, 2.45) is 5.73 Å². The Labute approximate surface area is 110 Å². The number of nitrogens with two attached hydrogens (primary N) is 1. The summed E-state index contributed by atoms with van der Waals surface area (Å²) in [6.45, 7) is 0.794. The summed E-state index contributed by atoms with van der Waals surface area (Å²) in [6.07, 6.45) is 0.410. The van der Waals surface area contributed by atoms with E-state index in [1.54, 1.807) is 4.90 Å². The van der Waals surface area contributed by atoms with Crippen LogP contribution >= 0.6 is 0 Å². The molecular weight excluding hydrogens is 251 g/mol. The molecule has 1 fully saturated rings. The number of aliphatic carboxylic acids is 1. The van der Waals surface area contributed by atoms with Gasteiger partial charge in [0.25, 0.3) is 0 Å². The van der Waals surface area contributed by atoms with Crippen LogP contribution in [0, 0.1) is 5.82 Å². The first-order valence-electron chi connectivity index (χ1n) is 6.06. The van der Waals surface area contributed by atoms with Gasteiger partial charge in [-0.15, -0.1) is 0 Å². The third-order valence-corrected chi connectivity index (χ3v) is 3.34. The molecule has 0 radical (unpaired) electrons. The van der Waals surface area contributed by atoms with E-state index in [1.807, 2.05) is 0 Å². The predicted octanol–water partition coefficient (Wildman–Crippen LogP) is 0.821. The number of carbonyl (C=O) groups is 1. The van der Waals surface area contributed by atoms with Crippen LogP contribution in [0.1, 0.15) is 12.0 Å². The van der Waals surface area contributed by atoms with Gasteiger partial charge >= 0.3 is 5.97 Å². The van der Waals surface area contributed by atoms with Gasteiger partial charge in [0, 0.05) is 24.7 Å². The summed E-state index contributed by atoms with van der Waals surface area (Å²) in [4.78, 5) is 12.9. The highest BCUT2D eigenvalue weighted by Crippen LogP contribution is 2.25. The number of rotatable bonds is 4. The number of hydrogen-bond acceptors (Lipinski definition) is 4. The Kier molecular flexibility index (Phi) is 4.01. The normalized spacial score (nSPS) is 23.5. The van der Waals surface area contributed by atoms with E-state index < -0.39 is 12.0 Å². The summed E-state index contributed by atoms with van der Waals surface area (Å²) in [6, 6.07) is 3.42. The first kappa shape index (κ1) is 13.8. The van der Waals surface area contributed by atoms with Gasteiger partial charge in [-0.25, -0.2) is 4.39 Å². The van der Waals surface area contributed by atoms with E-state index in [-0.39, 0.29) is 11.9 Å². The average molecular weight is 268 g/mol. The standard InChI is InChI=1S/C13H17FN2O3/c1-19-12-3-2-9(14)4-8(12)6-16-7-10(15)5-11(16)13(17)18/h2-4,10-11H,5-7,15H2,1H3,(H,17,18). The van der Waals surface area contributed by atoms with Gasteiger partial charge in [-0.1, -0.05) is 0 Å². The second kappa shape index (κ2) is 5.54. The van der Waals surface area contributed by atoms with Crippen molar-refractivity contribution in [3.8, 4) is 5.75 Å². The van der Waals surface area contributed by atoms with E-state index in [9.17, 15) is 9.18 Å². The number of carboxylic acid groups (broad SMARTS) is 1. The second-order valence-electron chi connectivity index (χ2n) is 4.74. The molecule has 19 heavy (non-hydrogen) atoms. The van der Waals surface area contributed by atoms with Crippen molar-refractivity contribution in [1.82, 2.24) is 4.90 Å². The number of ether oxygens (including phenoxy) is 1. The first-order chi connectivity index (χ1) is 9.01. The lowest BCUT2D eigenvalue weighted by Crippen LogP contribution is -2.35. The van der Waals surface area contributed by atoms with Gasteiger partial charge < -0.3 is 15.6 Å². The average Bonchev–Trinajstić information content (AvgIpc) is 2.71. The summed E-state index contributed by atoms with van der Waals surface area (Å²) in [5, 5.41) is 9.16. The largest absolute Gasteiger partial charge is 0.496 e. The molecule has 1 aromatic rings. The molecule has 104 valence electrons. The van der Waals surface area contributed by atoms with Crippen LogP contribution in [0.3, 0.4) is 0 Å². The molecule has 0 spiro atoms. The first-order valence-corrected chi connectivity index (χ1v) is 6.06. The molecule has 0 bridgehead atoms. The Balaban J connectivity index is 2.20. The molecule has 1 aliphatic rings. The summed E-state index contributed by atoms with van der Waals surface area (Å²) >= 11 is 0. The van der Waals surface area contributed by atoms with Crippen LogP contribution in [-0.2, 0) is 11.3 Å². The van der Waals surface area contributed by atoms with Crippen LogP contribution in [0.15, 0.2) is 18.2 Å². The molecule has 1 aliphatic heterocycles. The fourth-order valence-electron chi connectivity index (χ4n) is 2.46. The van der Waals surface area contributed by atoms with Gasteiger partial charge in [0.1, 0.15) is 17.6 Å². The van der Waals surface area contributed by atoms with Crippen molar-refractivity contribution in [2.75, 3.05) is 13.7 Å². The zero-order valence-corrected chi connectivity index (χ0v) is 10.7. The fraction of sp³-hybridized carbons (Fsp3) is 0.462. The number of halogens is 1. The highest BCUT2D eigenvalue weighted by atomic mass is 19.1. The molecule has 1 aromatic carbocycles. The quantitative estimate of drug-likeness (QED) is 0.845. The number of carboxylic acids is 1. The number of hydrogen-bond donors (Lipinski definition) is 2. The van der Waals surface area contributed by atoms with E-state index in [4.69, 9.17) is 15.6 Å². The molecular formula is C13H17FN2O3. The van der Waals surface area contributed by atoms with Gasteiger partial charge in [0.2, 0.25) is 0 Å². The molecule has 0 aliphatic carbocycles. The molecule has 2 atom stereocenters. The van der Waals surface area contributed by atoms with E-state index in [1.165, 1.54) is 25.3 Å².